The molecule has 70 valence electrons. The van der Waals surface area contributed by atoms with Crippen LogP contribution in [0.25, 0.3) is 0 Å². The molecule has 1 unspecified atom stereocenters. The first-order valence-corrected chi connectivity index (χ1v) is 3.68. The highest BCUT2D eigenvalue weighted by atomic mass is 19.1. The van der Waals surface area contributed by atoms with Crippen LogP contribution in [0.1, 0.15) is 5.56 Å². The van der Waals surface area contributed by atoms with Gasteiger partial charge < -0.3 is 10.2 Å². The third kappa shape index (κ3) is 1.67. The Morgan fingerprint density at radius 2 is 1.92 bits per heavy atom. The Kier molecular flexibility index (Phi) is 2.63. The number of aliphatic carboxylic acids is 1. The minimum absolute atomic E-state index is 0.0463. The maximum absolute atomic E-state index is 12.3. The Morgan fingerprint density at radius 1 is 1.38 bits per heavy atom. The Bertz CT molecular complexity index is 299. The van der Waals surface area contributed by atoms with E-state index in [0.29, 0.717) is 0 Å². The highest BCUT2D eigenvalue weighted by Crippen LogP contribution is 2.21. The van der Waals surface area contributed by atoms with Gasteiger partial charge in [-0.3, -0.25) is 0 Å². The predicted molar refractivity (Wildman–Crippen MR) is 43.9 cm³/mol. The highest BCUT2D eigenvalue weighted by molar-refractivity contribution is 5.79. The average molecular weight is 184 g/mol. The molecule has 0 aliphatic rings. The summed E-state index contributed by atoms with van der Waals surface area (Å²) in [7, 11) is 0. The summed E-state index contributed by atoms with van der Waals surface area (Å²) in [5.74, 6) is -1.58. The molecule has 0 heterocycles. The third-order valence-corrected chi connectivity index (χ3v) is 1.80. The number of alkyl halides is 1. The number of hydrogen-bond donors (Lipinski definition) is 2. The van der Waals surface area contributed by atoms with Gasteiger partial charge in [0.05, 0.1) is 0 Å². The van der Waals surface area contributed by atoms with E-state index in [0.717, 1.165) is 0 Å². The molecular formula is C9H9FO3. The number of aliphatic hydroxyl groups is 1. The molecule has 0 amide bonds. The summed E-state index contributed by atoms with van der Waals surface area (Å²) in [6, 6.07) is 7.48. The lowest BCUT2D eigenvalue weighted by Gasteiger charge is -2.19. The minimum Gasteiger partial charge on any atom is -0.479 e. The van der Waals surface area contributed by atoms with Crippen molar-refractivity contribution in [1.82, 2.24) is 0 Å². The van der Waals surface area contributed by atoms with Crippen LogP contribution in [0.5, 0.6) is 0 Å². The topological polar surface area (TPSA) is 57.5 Å². The van der Waals surface area contributed by atoms with Gasteiger partial charge in [-0.15, -0.1) is 0 Å². The van der Waals surface area contributed by atoms with Crippen molar-refractivity contribution in [2.75, 3.05) is 6.67 Å². The van der Waals surface area contributed by atoms with Gasteiger partial charge in [-0.05, 0) is 5.56 Å². The largest absolute Gasteiger partial charge is 0.479 e. The first-order valence-electron chi connectivity index (χ1n) is 3.68. The Morgan fingerprint density at radius 3 is 2.31 bits per heavy atom. The van der Waals surface area contributed by atoms with E-state index >= 15 is 0 Å². The van der Waals surface area contributed by atoms with E-state index in [9.17, 15) is 14.3 Å². The summed E-state index contributed by atoms with van der Waals surface area (Å²) in [5, 5.41) is 18.0. The van der Waals surface area contributed by atoms with Crippen molar-refractivity contribution < 1.29 is 19.4 Å². The number of carboxylic acids is 1. The fourth-order valence-corrected chi connectivity index (χ4v) is 0.972. The summed E-state index contributed by atoms with van der Waals surface area (Å²) in [4.78, 5) is 10.6. The zero-order valence-electron chi connectivity index (χ0n) is 6.77. The van der Waals surface area contributed by atoms with Crippen molar-refractivity contribution in [3.63, 3.8) is 0 Å². The van der Waals surface area contributed by atoms with Crippen LogP contribution in [0.4, 0.5) is 4.39 Å². The fourth-order valence-electron chi connectivity index (χ4n) is 0.972. The predicted octanol–water partition coefficient (Wildman–Crippen LogP) is 0.928. The van der Waals surface area contributed by atoms with Crippen LogP contribution in [0.2, 0.25) is 0 Å². The van der Waals surface area contributed by atoms with Crippen molar-refractivity contribution in [3.05, 3.63) is 35.9 Å². The number of carboxylic acid groups (broad SMARTS) is 1. The SMILES string of the molecule is O=C(O)C(O)(CF)c1ccccc1. The molecule has 1 aromatic carbocycles. The molecule has 1 atom stereocenters. The van der Waals surface area contributed by atoms with Crippen LogP contribution in [0.3, 0.4) is 0 Å². The van der Waals surface area contributed by atoms with Crippen molar-refractivity contribution in [3.8, 4) is 0 Å². The van der Waals surface area contributed by atoms with E-state index in [1.54, 1.807) is 18.2 Å². The Balaban J connectivity index is 3.11. The molecule has 0 fully saturated rings. The van der Waals surface area contributed by atoms with E-state index < -0.39 is 18.2 Å². The van der Waals surface area contributed by atoms with E-state index in [-0.39, 0.29) is 5.56 Å². The molecule has 13 heavy (non-hydrogen) atoms. The molecule has 0 saturated heterocycles. The van der Waals surface area contributed by atoms with E-state index in [4.69, 9.17) is 5.11 Å². The van der Waals surface area contributed by atoms with Crippen molar-refractivity contribution in [1.29, 1.82) is 0 Å². The Labute approximate surface area is 74.4 Å². The molecule has 3 nitrogen and oxygen atoms in total. The van der Waals surface area contributed by atoms with Gasteiger partial charge in [0.25, 0.3) is 0 Å². The maximum Gasteiger partial charge on any atom is 0.343 e. The van der Waals surface area contributed by atoms with E-state index in [1.165, 1.54) is 12.1 Å². The molecule has 0 saturated carbocycles. The van der Waals surface area contributed by atoms with E-state index in [1.807, 2.05) is 0 Å². The monoisotopic (exact) mass is 184 g/mol. The van der Waals surface area contributed by atoms with Gasteiger partial charge in [0, 0.05) is 0 Å². The number of carbonyl (C=O) groups is 1. The van der Waals surface area contributed by atoms with Crippen LogP contribution in [-0.2, 0) is 10.4 Å². The quantitative estimate of drug-likeness (QED) is 0.734. The fraction of sp³-hybridized carbons (Fsp3) is 0.222. The van der Waals surface area contributed by atoms with Gasteiger partial charge in [0.2, 0.25) is 5.60 Å². The lowest BCUT2D eigenvalue weighted by atomic mass is 9.96. The van der Waals surface area contributed by atoms with Crippen LogP contribution in [0, 0.1) is 0 Å². The summed E-state index contributed by atoms with van der Waals surface area (Å²) in [6.07, 6.45) is 0. The molecule has 0 radical (unpaired) electrons. The zero-order valence-corrected chi connectivity index (χ0v) is 6.77. The molecule has 0 bridgehead atoms. The minimum atomic E-state index is -2.42. The summed E-state index contributed by atoms with van der Waals surface area (Å²) in [5.41, 5.74) is -2.37. The number of benzene rings is 1. The molecule has 0 aromatic heterocycles. The number of halogens is 1. The lowest BCUT2D eigenvalue weighted by molar-refractivity contribution is -0.161. The van der Waals surface area contributed by atoms with Gasteiger partial charge in [-0.2, -0.15) is 0 Å². The van der Waals surface area contributed by atoms with Gasteiger partial charge in [-0.25, -0.2) is 9.18 Å². The van der Waals surface area contributed by atoms with Crippen LogP contribution < -0.4 is 0 Å². The maximum atomic E-state index is 12.3. The van der Waals surface area contributed by atoms with E-state index in [2.05, 4.69) is 0 Å². The number of rotatable bonds is 3. The van der Waals surface area contributed by atoms with Crippen LogP contribution in [-0.4, -0.2) is 22.9 Å². The highest BCUT2D eigenvalue weighted by Gasteiger charge is 2.38. The third-order valence-electron chi connectivity index (χ3n) is 1.80. The van der Waals surface area contributed by atoms with Crippen LogP contribution >= 0.6 is 0 Å². The number of hydrogen-bond acceptors (Lipinski definition) is 2. The van der Waals surface area contributed by atoms with Crippen molar-refractivity contribution in [2.24, 2.45) is 0 Å². The lowest BCUT2D eigenvalue weighted by Crippen LogP contribution is -2.37. The van der Waals surface area contributed by atoms with Crippen molar-refractivity contribution >= 4 is 5.97 Å². The van der Waals surface area contributed by atoms with Crippen molar-refractivity contribution in [2.45, 2.75) is 5.60 Å². The summed E-state index contributed by atoms with van der Waals surface area (Å²) >= 11 is 0. The molecule has 4 heteroatoms. The molecule has 1 aromatic rings. The van der Waals surface area contributed by atoms with Crippen LogP contribution in [0.15, 0.2) is 30.3 Å². The first kappa shape index (κ1) is 9.67. The molecule has 0 spiro atoms. The summed E-state index contributed by atoms with van der Waals surface area (Å²) < 4.78 is 12.3. The molecule has 0 aliphatic carbocycles. The van der Waals surface area contributed by atoms with Gasteiger partial charge >= 0.3 is 5.97 Å². The molecule has 0 aliphatic heterocycles. The Hall–Kier alpha value is -1.42. The smallest absolute Gasteiger partial charge is 0.343 e. The standard InChI is InChI=1S/C9H9FO3/c10-6-9(13,8(11)12)7-4-2-1-3-5-7/h1-5,13H,6H2,(H,11,12). The van der Waals surface area contributed by atoms with Gasteiger partial charge in [0.1, 0.15) is 6.67 Å². The normalized spacial score (nSPS) is 14.9. The molecule has 1 rings (SSSR count). The van der Waals surface area contributed by atoms with Gasteiger partial charge in [0.15, 0.2) is 0 Å². The average Bonchev–Trinajstić information content (AvgIpc) is 2.17. The second kappa shape index (κ2) is 3.53. The second-order valence-electron chi connectivity index (χ2n) is 2.67. The molecular weight excluding hydrogens is 175 g/mol. The first-order chi connectivity index (χ1) is 6.11. The summed E-state index contributed by atoms with van der Waals surface area (Å²) in [6.45, 7) is -1.34. The zero-order chi connectivity index (χ0) is 9.90. The second-order valence-corrected chi connectivity index (χ2v) is 2.67. The van der Waals surface area contributed by atoms with Gasteiger partial charge in [-0.1, -0.05) is 30.3 Å². The molecule has 2 N–H and O–H groups in total.